The average molecular weight is 253 g/mol. The van der Waals surface area contributed by atoms with Crippen molar-refractivity contribution in [1.29, 1.82) is 0 Å². The average Bonchev–Trinajstić information content (AvgIpc) is 1.98. The van der Waals surface area contributed by atoms with Gasteiger partial charge in [0.2, 0.25) is 0 Å². The van der Waals surface area contributed by atoms with Crippen molar-refractivity contribution in [2.45, 2.75) is 12.4 Å². The van der Waals surface area contributed by atoms with Crippen LogP contribution in [0.2, 0.25) is 0 Å². The van der Waals surface area contributed by atoms with Gasteiger partial charge in [-0.05, 0) is 0 Å². The minimum Gasteiger partial charge on any atom is -0.481 e. The van der Waals surface area contributed by atoms with Crippen LogP contribution >= 0.6 is 0 Å². The van der Waals surface area contributed by atoms with Crippen molar-refractivity contribution in [2.75, 3.05) is 6.54 Å². The Kier molecular flexibility index (Phi) is 4.15. The molecule has 0 fully saturated rings. The van der Waals surface area contributed by atoms with E-state index in [0.29, 0.717) is 0 Å². The molecular weight excluding hydrogens is 248 g/mol. The number of alkyl halides is 6. The Bertz CT molecular complexity index is 283. The van der Waals surface area contributed by atoms with E-state index >= 15 is 0 Å². The first-order chi connectivity index (χ1) is 6.96. The summed E-state index contributed by atoms with van der Waals surface area (Å²) in [5.41, 5.74) is 0. The molecule has 1 amide bonds. The standard InChI is InChI=1S/C6H5F6NO3/c7-5(8,9)2(3(14)15)1-13-4(16)6(10,11)12/h2H,1H2,(H,13,16)(H,14,15). The molecule has 0 saturated carbocycles. The zero-order valence-corrected chi connectivity index (χ0v) is 7.32. The summed E-state index contributed by atoms with van der Waals surface area (Å²) in [6.07, 6.45) is -10.6. The Balaban J connectivity index is 4.48. The van der Waals surface area contributed by atoms with Crippen LogP contribution in [0.25, 0.3) is 0 Å². The zero-order valence-electron chi connectivity index (χ0n) is 7.32. The predicted octanol–water partition coefficient (Wildman–Crippen LogP) is 0.928. The number of aliphatic carboxylic acids is 1. The Labute approximate surface area is 84.2 Å². The van der Waals surface area contributed by atoms with Crippen LogP contribution in [-0.2, 0) is 9.59 Å². The number of rotatable bonds is 3. The molecule has 0 radical (unpaired) electrons. The molecular formula is C6H5F6NO3. The molecule has 10 heteroatoms. The van der Waals surface area contributed by atoms with Gasteiger partial charge in [0.05, 0.1) is 0 Å². The van der Waals surface area contributed by atoms with Gasteiger partial charge in [0.25, 0.3) is 0 Å². The first kappa shape index (κ1) is 14.5. The highest BCUT2D eigenvalue weighted by Crippen LogP contribution is 2.26. The third-order valence-electron chi connectivity index (χ3n) is 1.42. The molecule has 0 saturated heterocycles. The second-order valence-corrected chi connectivity index (χ2v) is 2.64. The lowest BCUT2D eigenvalue weighted by Crippen LogP contribution is -2.45. The molecule has 0 bridgehead atoms. The van der Waals surface area contributed by atoms with Gasteiger partial charge in [0, 0.05) is 6.54 Å². The van der Waals surface area contributed by atoms with Crippen LogP contribution in [0.1, 0.15) is 0 Å². The normalized spacial score (nSPS) is 14.4. The monoisotopic (exact) mass is 253 g/mol. The number of hydrogen-bond donors (Lipinski definition) is 2. The van der Waals surface area contributed by atoms with Crippen molar-refractivity contribution in [1.82, 2.24) is 5.32 Å². The molecule has 0 aromatic carbocycles. The van der Waals surface area contributed by atoms with Crippen LogP contribution in [0.15, 0.2) is 0 Å². The second-order valence-electron chi connectivity index (χ2n) is 2.64. The molecule has 0 rings (SSSR count). The van der Waals surface area contributed by atoms with Gasteiger partial charge in [-0.15, -0.1) is 0 Å². The molecule has 0 aliphatic heterocycles. The van der Waals surface area contributed by atoms with Gasteiger partial charge >= 0.3 is 24.2 Å². The number of carboxylic acid groups (broad SMARTS) is 1. The summed E-state index contributed by atoms with van der Waals surface area (Å²) in [6.45, 7) is -1.67. The van der Waals surface area contributed by atoms with Crippen molar-refractivity contribution >= 4 is 11.9 Å². The van der Waals surface area contributed by atoms with Crippen molar-refractivity contribution in [3.63, 3.8) is 0 Å². The third-order valence-corrected chi connectivity index (χ3v) is 1.42. The molecule has 0 heterocycles. The molecule has 94 valence electrons. The lowest BCUT2D eigenvalue weighted by atomic mass is 10.1. The first-order valence-corrected chi connectivity index (χ1v) is 3.60. The fourth-order valence-electron chi connectivity index (χ4n) is 0.638. The maximum Gasteiger partial charge on any atom is 0.471 e. The number of carbonyl (C=O) groups is 2. The largest absolute Gasteiger partial charge is 0.481 e. The lowest BCUT2D eigenvalue weighted by Gasteiger charge is -2.16. The van der Waals surface area contributed by atoms with E-state index in [0.717, 1.165) is 5.32 Å². The van der Waals surface area contributed by atoms with Crippen molar-refractivity contribution in [2.24, 2.45) is 5.92 Å². The number of carboxylic acids is 1. The summed E-state index contributed by atoms with van der Waals surface area (Å²) in [4.78, 5) is 20.2. The third kappa shape index (κ3) is 4.36. The molecule has 2 N–H and O–H groups in total. The van der Waals surface area contributed by atoms with Gasteiger partial charge in [-0.1, -0.05) is 0 Å². The predicted molar refractivity (Wildman–Crippen MR) is 36.2 cm³/mol. The van der Waals surface area contributed by atoms with Gasteiger partial charge in [-0.25, -0.2) is 0 Å². The van der Waals surface area contributed by atoms with Crippen molar-refractivity contribution < 1.29 is 41.0 Å². The zero-order chi connectivity index (χ0) is 13.1. The molecule has 0 aromatic heterocycles. The Morgan fingerprint density at radius 3 is 1.81 bits per heavy atom. The molecule has 1 unspecified atom stereocenters. The maximum absolute atomic E-state index is 11.9. The second kappa shape index (κ2) is 4.58. The Hall–Kier alpha value is -1.48. The number of amides is 1. The van der Waals surface area contributed by atoms with Crippen LogP contribution in [-0.4, -0.2) is 35.9 Å². The van der Waals surface area contributed by atoms with Crippen LogP contribution in [0.5, 0.6) is 0 Å². The Morgan fingerprint density at radius 1 is 1.12 bits per heavy atom. The molecule has 0 aliphatic rings. The van der Waals surface area contributed by atoms with E-state index in [2.05, 4.69) is 0 Å². The number of carbonyl (C=O) groups excluding carboxylic acids is 1. The van der Waals surface area contributed by atoms with E-state index < -0.39 is 36.7 Å². The summed E-state index contributed by atoms with van der Waals surface area (Å²) in [5, 5.41) is 8.92. The van der Waals surface area contributed by atoms with E-state index in [1.807, 2.05) is 0 Å². The van der Waals surface area contributed by atoms with E-state index in [1.54, 1.807) is 0 Å². The van der Waals surface area contributed by atoms with Crippen LogP contribution in [0.3, 0.4) is 0 Å². The van der Waals surface area contributed by atoms with Gasteiger partial charge in [0.1, 0.15) is 0 Å². The van der Waals surface area contributed by atoms with Gasteiger partial charge in [0.15, 0.2) is 5.92 Å². The van der Waals surface area contributed by atoms with Crippen LogP contribution in [0, 0.1) is 5.92 Å². The first-order valence-electron chi connectivity index (χ1n) is 3.60. The number of nitrogens with one attached hydrogen (secondary N) is 1. The number of hydrogen-bond acceptors (Lipinski definition) is 2. The number of halogens is 6. The molecule has 1 atom stereocenters. The van der Waals surface area contributed by atoms with E-state index in [1.165, 1.54) is 0 Å². The smallest absolute Gasteiger partial charge is 0.471 e. The van der Waals surface area contributed by atoms with Crippen molar-refractivity contribution in [3.05, 3.63) is 0 Å². The minimum absolute atomic E-state index is 0.846. The lowest BCUT2D eigenvalue weighted by molar-refractivity contribution is -0.195. The van der Waals surface area contributed by atoms with E-state index in [-0.39, 0.29) is 0 Å². The summed E-state index contributed by atoms with van der Waals surface area (Å²) in [5.74, 6) is -8.06. The van der Waals surface area contributed by atoms with E-state index in [9.17, 15) is 35.9 Å². The minimum atomic E-state index is -5.35. The fraction of sp³-hybridized carbons (Fsp3) is 0.667. The quantitative estimate of drug-likeness (QED) is 0.735. The topological polar surface area (TPSA) is 66.4 Å². The van der Waals surface area contributed by atoms with Crippen LogP contribution < -0.4 is 5.32 Å². The van der Waals surface area contributed by atoms with Crippen LogP contribution in [0.4, 0.5) is 26.3 Å². The molecule has 0 aromatic rings. The molecule has 0 aliphatic carbocycles. The van der Waals surface area contributed by atoms with Gasteiger partial charge in [-0.2, -0.15) is 26.3 Å². The molecule has 16 heavy (non-hydrogen) atoms. The molecule has 4 nitrogen and oxygen atoms in total. The summed E-state index contributed by atoms with van der Waals surface area (Å²) >= 11 is 0. The molecule has 0 spiro atoms. The van der Waals surface area contributed by atoms with Crippen molar-refractivity contribution in [3.8, 4) is 0 Å². The summed E-state index contributed by atoms with van der Waals surface area (Å²) < 4.78 is 70.4. The van der Waals surface area contributed by atoms with Gasteiger partial charge < -0.3 is 10.4 Å². The highest BCUT2D eigenvalue weighted by molar-refractivity contribution is 5.82. The SMILES string of the molecule is O=C(O)C(CNC(=O)C(F)(F)F)C(F)(F)F. The van der Waals surface area contributed by atoms with E-state index in [4.69, 9.17) is 5.11 Å². The highest BCUT2D eigenvalue weighted by Gasteiger charge is 2.47. The Morgan fingerprint density at radius 2 is 1.56 bits per heavy atom. The fourth-order valence-corrected chi connectivity index (χ4v) is 0.638. The maximum atomic E-state index is 11.9. The van der Waals surface area contributed by atoms with Gasteiger partial charge in [-0.3, -0.25) is 9.59 Å². The summed E-state index contributed by atoms with van der Waals surface area (Å²) in [6, 6.07) is 0. The highest BCUT2D eigenvalue weighted by atomic mass is 19.4. The summed E-state index contributed by atoms with van der Waals surface area (Å²) in [7, 11) is 0.